The summed E-state index contributed by atoms with van der Waals surface area (Å²) in [6, 6.07) is 4.57. The fourth-order valence-electron chi connectivity index (χ4n) is 1.37. The van der Waals surface area contributed by atoms with Crippen molar-refractivity contribution in [1.29, 1.82) is 0 Å². The highest BCUT2D eigenvalue weighted by atomic mass is 19.1. The second-order valence-electron chi connectivity index (χ2n) is 3.41. The Bertz CT molecular complexity index is 357. The average Bonchev–Trinajstić information content (AvgIpc) is 2.28. The van der Waals surface area contributed by atoms with Crippen LogP contribution in [0.25, 0.3) is 0 Å². The number of anilines is 1. The maximum Gasteiger partial charge on any atom is 0.239 e. The minimum absolute atomic E-state index is 0.112. The van der Waals surface area contributed by atoms with Crippen LogP contribution < -0.4 is 10.2 Å². The third-order valence-corrected chi connectivity index (χ3v) is 2.13. The van der Waals surface area contributed by atoms with E-state index in [1.54, 1.807) is 24.1 Å². The Morgan fingerprint density at radius 3 is 2.88 bits per heavy atom. The maximum atomic E-state index is 12.9. The number of nitrogens with zero attached hydrogens (tertiary/aromatic N) is 2. The van der Waals surface area contributed by atoms with Gasteiger partial charge in [-0.25, -0.2) is 4.98 Å². The van der Waals surface area contributed by atoms with Gasteiger partial charge in [0.2, 0.25) is 11.9 Å². The van der Waals surface area contributed by atoms with Crippen LogP contribution in [0.4, 0.5) is 10.2 Å². The normalized spacial score (nSPS) is 9.94. The van der Waals surface area contributed by atoms with Crippen molar-refractivity contribution in [2.75, 3.05) is 25.0 Å². The molecule has 0 fully saturated rings. The number of carbonyl (C=O) groups excluding carboxylic acids is 1. The lowest BCUT2D eigenvalue weighted by Gasteiger charge is -2.21. The van der Waals surface area contributed by atoms with Gasteiger partial charge >= 0.3 is 0 Å². The van der Waals surface area contributed by atoms with E-state index in [1.807, 2.05) is 6.92 Å². The molecule has 1 amide bonds. The lowest BCUT2D eigenvalue weighted by Crippen LogP contribution is -2.36. The molecule has 0 aliphatic rings. The van der Waals surface area contributed by atoms with Gasteiger partial charge in [-0.15, -0.1) is 0 Å². The highest BCUT2D eigenvalue weighted by Crippen LogP contribution is 2.10. The van der Waals surface area contributed by atoms with Gasteiger partial charge in [0, 0.05) is 13.6 Å². The zero-order chi connectivity index (χ0) is 12.0. The van der Waals surface area contributed by atoms with Crippen molar-refractivity contribution in [3.05, 3.63) is 24.1 Å². The van der Waals surface area contributed by atoms with Crippen LogP contribution in [0.15, 0.2) is 18.2 Å². The summed E-state index contributed by atoms with van der Waals surface area (Å²) in [7, 11) is 1.57. The summed E-state index contributed by atoms with van der Waals surface area (Å²) >= 11 is 0. The number of hydrogen-bond acceptors (Lipinski definition) is 3. The second-order valence-corrected chi connectivity index (χ2v) is 3.41. The quantitative estimate of drug-likeness (QED) is 0.765. The molecule has 0 spiro atoms. The van der Waals surface area contributed by atoms with Crippen LogP contribution in [-0.2, 0) is 4.79 Å². The van der Waals surface area contributed by atoms with E-state index in [2.05, 4.69) is 10.3 Å². The Hall–Kier alpha value is -1.65. The zero-order valence-electron chi connectivity index (χ0n) is 9.53. The monoisotopic (exact) mass is 225 g/mol. The molecule has 5 heteroatoms. The molecule has 0 atom stereocenters. The Kier molecular flexibility index (Phi) is 4.69. The van der Waals surface area contributed by atoms with Crippen molar-refractivity contribution in [1.82, 2.24) is 10.3 Å². The smallest absolute Gasteiger partial charge is 0.239 e. The summed E-state index contributed by atoms with van der Waals surface area (Å²) in [6.45, 7) is 2.86. The number of nitrogens with one attached hydrogen (secondary N) is 1. The van der Waals surface area contributed by atoms with Crippen molar-refractivity contribution in [2.24, 2.45) is 0 Å². The highest BCUT2D eigenvalue weighted by Gasteiger charge is 2.11. The number of hydrogen-bond donors (Lipinski definition) is 1. The third-order valence-electron chi connectivity index (χ3n) is 2.13. The minimum Gasteiger partial charge on any atom is -0.358 e. The van der Waals surface area contributed by atoms with E-state index < -0.39 is 5.95 Å². The van der Waals surface area contributed by atoms with Gasteiger partial charge in [0.15, 0.2) is 0 Å². The average molecular weight is 225 g/mol. The first-order chi connectivity index (χ1) is 7.67. The van der Waals surface area contributed by atoms with E-state index in [0.717, 1.165) is 6.42 Å². The molecule has 4 nitrogen and oxygen atoms in total. The molecule has 0 radical (unpaired) electrons. The topological polar surface area (TPSA) is 45.2 Å². The number of amides is 1. The molecule has 0 unspecified atom stereocenters. The van der Waals surface area contributed by atoms with E-state index in [9.17, 15) is 9.18 Å². The third kappa shape index (κ3) is 3.49. The van der Waals surface area contributed by atoms with Gasteiger partial charge in [0.1, 0.15) is 5.82 Å². The number of aromatic nitrogens is 1. The van der Waals surface area contributed by atoms with Gasteiger partial charge < -0.3 is 10.2 Å². The lowest BCUT2D eigenvalue weighted by atomic mass is 10.3. The van der Waals surface area contributed by atoms with Crippen molar-refractivity contribution >= 4 is 11.7 Å². The van der Waals surface area contributed by atoms with Gasteiger partial charge in [0.25, 0.3) is 0 Å². The summed E-state index contributed by atoms with van der Waals surface area (Å²) in [6.07, 6.45) is 0.870. The predicted octanol–water partition coefficient (Wildman–Crippen LogP) is 1.18. The van der Waals surface area contributed by atoms with Crippen LogP contribution in [0, 0.1) is 5.95 Å². The molecule has 88 valence electrons. The van der Waals surface area contributed by atoms with Crippen LogP contribution in [0.1, 0.15) is 13.3 Å². The molecule has 0 aliphatic carbocycles. The van der Waals surface area contributed by atoms with Crippen LogP contribution in [0.3, 0.4) is 0 Å². The first-order valence-corrected chi connectivity index (χ1v) is 5.25. The van der Waals surface area contributed by atoms with Gasteiger partial charge in [-0.1, -0.05) is 13.0 Å². The van der Waals surface area contributed by atoms with Gasteiger partial charge in [0.05, 0.1) is 6.54 Å². The standard InChI is InChI=1S/C11H16FN3O/c1-3-7-15(8-11(16)13-2)10-6-4-5-9(12)14-10/h4-6H,3,7-8H2,1-2H3,(H,13,16). The fourth-order valence-corrected chi connectivity index (χ4v) is 1.37. The zero-order valence-corrected chi connectivity index (χ0v) is 9.53. The first kappa shape index (κ1) is 12.4. The van der Waals surface area contributed by atoms with E-state index in [-0.39, 0.29) is 12.5 Å². The van der Waals surface area contributed by atoms with Crippen molar-refractivity contribution in [3.8, 4) is 0 Å². The summed E-state index contributed by atoms with van der Waals surface area (Å²) in [5, 5.41) is 2.54. The lowest BCUT2D eigenvalue weighted by molar-refractivity contribution is -0.119. The number of carbonyl (C=O) groups is 1. The summed E-state index contributed by atoms with van der Waals surface area (Å²) in [4.78, 5) is 16.8. The molecular weight excluding hydrogens is 209 g/mol. The SMILES string of the molecule is CCCN(CC(=O)NC)c1cccc(F)n1. The molecule has 1 N–H and O–H groups in total. The van der Waals surface area contributed by atoms with E-state index in [1.165, 1.54) is 6.07 Å². The molecule has 0 bridgehead atoms. The van der Waals surface area contributed by atoms with Crippen molar-refractivity contribution < 1.29 is 9.18 Å². The van der Waals surface area contributed by atoms with Gasteiger partial charge in [-0.2, -0.15) is 4.39 Å². The Morgan fingerprint density at radius 2 is 2.31 bits per heavy atom. The molecule has 0 aliphatic heterocycles. The summed E-state index contributed by atoms with van der Waals surface area (Å²) in [5.41, 5.74) is 0. The second kappa shape index (κ2) is 6.05. The molecule has 0 saturated heterocycles. The summed E-state index contributed by atoms with van der Waals surface area (Å²) in [5.74, 6) is -0.152. The Labute approximate surface area is 94.5 Å². The van der Waals surface area contributed by atoms with Crippen LogP contribution in [-0.4, -0.2) is 31.0 Å². The molecule has 1 heterocycles. The number of pyridine rings is 1. The Morgan fingerprint density at radius 1 is 1.56 bits per heavy atom. The highest BCUT2D eigenvalue weighted by molar-refractivity contribution is 5.80. The van der Waals surface area contributed by atoms with Crippen LogP contribution in [0.5, 0.6) is 0 Å². The number of halogens is 1. The number of likely N-dealkylation sites (N-methyl/N-ethyl adjacent to an activating group) is 1. The molecule has 0 aromatic carbocycles. The van der Waals surface area contributed by atoms with Crippen molar-refractivity contribution in [3.63, 3.8) is 0 Å². The molecule has 1 rings (SSSR count). The molecule has 0 saturated carbocycles. The molecule has 1 aromatic rings. The van der Waals surface area contributed by atoms with Crippen molar-refractivity contribution in [2.45, 2.75) is 13.3 Å². The van der Waals surface area contributed by atoms with E-state index >= 15 is 0 Å². The molecule has 1 aromatic heterocycles. The Balaban J connectivity index is 2.80. The largest absolute Gasteiger partial charge is 0.358 e. The summed E-state index contributed by atoms with van der Waals surface area (Å²) < 4.78 is 12.9. The van der Waals surface area contributed by atoms with Gasteiger partial charge in [-0.05, 0) is 18.6 Å². The molecular formula is C11H16FN3O. The molecule has 16 heavy (non-hydrogen) atoms. The van der Waals surface area contributed by atoms with E-state index in [4.69, 9.17) is 0 Å². The van der Waals surface area contributed by atoms with Crippen LogP contribution in [0.2, 0.25) is 0 Å². The fraction of sp³-hybridized carbons (Fsp3) is 0.455. The van der Waals surface area contributed by atoms with Gasteiger partial charge in [-0.3, -0.25) is 4.79 Å². The van der Waals surface area contributed by atoms with Crippen LogP contribution >= 0.6 is 0 Å². The predicted molar refractivity (Wildman–Crippen MR) is 60.8 cm³/mol. The number of rotatable bonds is 5. The minimum atomic E-state index is -0.532. The van der Waals surface area contributed by atoms with E-state index in [0.29, 0.717) is 12.4 Å². The first-order valence-electron chi connectivity index (χ1n) is 5.25. The maximum absolute atomic E-state index is 12.9.